The maximum absolute atomic E-state index is 11.9. The number of carboxylic acid groups (broad SMARTS) is 1. The molecule has 0 aliphatic heterocycles. The van der Waals surface area contributed by atoms with Crippen LogP contribution < -0.4 is 5.32 Å². The molecule has 0 aromatic rings. The zero-order valence-corrected chi connectivity index (χ0v) is 12.3. The smallest absolute Gasteiger partial charge is 0.317 e. The third-order valence-corrected chi connectivity index (χ3v) is 3.02. The maximum Gasteiger partial charge on any atom is 0.317 e. The maximum atomic E-state index is 11.9. The summed E-state index contributed by atoms with van der Waals surface area (Å²) in [4.78, 5) is 26.2. The highest BCUT2D eigenvalue weighted by Gasteiger charge is 2.32. The van der Waals surface area contributed by atoms with Crippen LogP contribution in [0.1, 0.15) is 19.3 Å². The number of carboxylic acids is 1. The summed E-state index contributed by atoms with van der Waals surface area (Å²) in [6.07, 6.45) is 1.92. The zero-order valence-electron chi connectivity index (χ0n) is 12.3. The Morgan fingerprint density at radius 2 is 1.95 bits per heavy atom. The van der Waals surface area contributed by atoms with Crippen LogP contribution in [0.2, 0.25) is 0 Å². The number of carbonyl (C=O) groups is 2. The number of rotatable bonds is 10. The molecule has 2 amide bonds. The van der Waals surface area contributed by atoms with Gasteiger partial charge in [-0.1, -0.05) is 0 Å². The van der Waals surface area contributed by atoms with E-state index in [1.807, 2.05) is 19.0 Å². The van der Waals surface area contributed by atoms with Crippen molar-refractivity contribution in [3.63, 3.8) is 0 Å². The van der Waals surface area contributed by atoms with Gasteiger partial charge in [0.05, 0.1) is 19.6 Å². The van der Waals surface area contributed by atoms with E-state index in [1.54, 1.807) is 4.90 Å². The number of aliphatic carboxylic acids is 1. The first-order chi connectivity index (χ1) is 9.50. The predicted molar refractivity (Wildman–Crippen MR) is 74.8 cm³/mol. The third kappa shape index (κ3) is 7.30. The molecule has 1 fully saturated rings. The molecule has 1 aliphatic rings. The predicted octanol–water partition coefficient (Wildman–Crippen LogP) is 0.213. The fourth-order valence-corrected chi connectivity index (χ4v) is 1.73. The number of nitrogens with zero attached hydrogens (tertiary/aromatic N) is 2. The second kappa shape index (κ2) is 8.76. The Morgan fingerprint density at radius 3 is 2.50 bits per heavy atom. The molecule has 7 nitrogen and oxygen atoms in total. The molecule has 0 spiro atoms. The van der Waals surface area contributed by atoms with Crippen LogP contribution in [0.15, 0.2) is 0 Å². The Balaban J connectivity index is 2.13. The number of nitrogens with one attached hydrogen (secondary N) is 1. The minimum Gasteiger partial charge on any atom is -0.481 e. The molecule has 7 heteroatoms. The van der Waals surface area contributed by atoms with Crippen LogP contribution in [-0.4, -0.2) is 79.9 Å². The van der Waals surface area contributed by atoms with Gasteiger partial charge in [-0.15, -0.1) is 0 Å². The molecule has 0 unspecified atom stereocenters. The summed E-state index contributed by atoms with van der Waals surface area (Å²) in [6, 6.07) is 0.0222. The van der Waals surface area contributed by atoms with Crippen molar-refractivity contribution >= 4 is 12.0 Å². The van der Waals surface area contributed by atoms with E-state index in [2.05, 4.69) is 5.32 Å². The standard InChI is InChI=1S/C13H25N3O4/c1-15(2)8-10-20-9-6-14-13(19)16(11-3-4-11)7-5-12(17)18/h11H,3-10H2,1-2H3,(H,14,19)(H,17,18). The normalized spacial score (nSPS) is 14.3. The van der Waals surface area contributed by atoms with Crippen LogP contribution in [0.3, 0.4) is 0 Å². The summed E-state index contributed by atoms with van der Waals surface area (Å²) >= 11 is 0. The second-order valence-electron chi connectivity index (χ2n) is 5.22. The van der Waals surface area contributed by atoms with Gasteiger partial charge in [0.2, 0.25) is 0 Å². The van der Waals surface area contributed by atoms with Crippen LogP contribution >= 0.6 is 0 Å². The second-order valence-corrected chi connectivity index (χ2v) is 5.22. The molecule has 20 heavy (non-hydrogen) atoms. The quantitative estimate of drug-likeness (QED) is 0.561. The van der Waals surface area contributed by atoms with E-state index in [4.69, 9.17) is 9.84 Å². The SMILES string of the molecule is CN(C)CCOCCNC(=O)N(CCC(=O)O)C1CC1. The van der Waals surface area contributed by atoms with Gasteiger partial charge in [-0.3, -0.25) is 4.79 Å². The van der Waals surface area contributed by atoms with Crippen molar-refractivity contribution in [3.05, 3.63) is 0 Å². The largest absolute Gasteiger partial charge is 0.481 e. The molecular formula is C13H25N3O4. The Hall–Kier alpha value is -1.34. The summed E-state index contributed by atoms with van der Waals surface area (Å²) in [5.41, 5.74) is 0. The molecule has 0 aromatic carbocycles. The summed E-state index contributed by atoms with van der Waals surface area (Å²) in [5, 5.41) is 11.5. The van der Waals surface area contributed by atoms with Gasteiger partial charge in [-0.2, -0.15) is 0 Å². The van der Waals surface area contributed by atoms with Crippen LogP contribution in [0.5, 0.6) is 0 Å². The van der Waals surface area contributed by atoms with Crippen molar-refractivity contribution in [2.45, 2.75) is 25.3 Å². The van der Waals surface area contributed by atoms with Gasteiger partial charge >= 0.3 is 12.0 Å². The van der Waals surface area contributed by atoms with Gasteiger partial charge in [0.15, 0.2) is 0 Å². The van der Waals surface area contributed by atoms with E-state index in [-0.39, 0.29) is 25.0 Å². The fraction of sp³-hybridized carbons (Fsp3) is 0.846. The molecule has 1 aliphatic carbocycles. The van der Waals surface area contributed by atoms with Crippen LogP contribution in [0.25, 0.3) is 0 Å². The molecule has 0 radical (unpaired) electrons. The molecule has 0 aromatic heterocycles. The van der Waals surface area contributed by atoms with E-state index in [9.17, 15) is 9.59 Å². The first kappa shape index (κ1) is 16.7. The monoisotopic (exact) mass is 287 g/mol. The minimum atomic E-state index is -0.879. The highest BCUT2D eigenvalue weighted by atomic mass is 16.5. The van der Waals surface area contributed by atoms with Gasteiger partial charge in [-0.25, -0.2) is 4.79 Å². The molecule has 1 rings (SSSR count). The summed E-state index contributed by atoms with van der Waals surface area (Å²) in [6.45, 7) is 2.67. The van der Waals surface area contributed by atoms with Crippen molar-refractivity contribution in [1.82, 2.24) is 15.1 Å². The molecule has 116 valence electrons. The van der Waals surface area contributed by atoms with Crippen molar-refractivity contribution in [2.75, 3.05) is 46.9 Å². The lowest BCUT2D eigenvalue weighted by Gasteiger charge is -2.22. The average Bonchev–Trinajstić information content (AvgIpc) is 3.17. The number of hydrogen-bond donors (Lipinski definition) is 2. The van der Waals surface area contributed by atoms with Crippen LogP contribution in [0, 0.1) is 0 Å². The van der Waals surface area contributed by atoms with Gasteiger partial charge < -0.3 is 25.0 Å². The summed E-state index contributed by atoms with van der Waals surface area (Å²) < 4.78 is 5.38. The Morgan fingerprint density at radius 1 is 1.25 bits per heavy atom. The summed E-state index contributed by atoms with van der Waals surface area (Å²) in [7, 11) is 3.95. The van der Waals surface area contributed by atoms with Crippen molar-refractivity contribution in [3.8, 4) is 0 Å². The van der Waals surface area contributed by atoms with E-state index in [0.29, 0.717) is 19.8 Å². The number of likely N-dealkylation sites (N-methyl/N-ethyl adjacent to an activating group) is 1. The zero-order chi connectivity index (χ0) is 15.0. The minimum absolute atomic E-state index is 0.0107. The van der Waals surface area contributed by atoms with E-state index >= 15 is 0 Å². The number of urea groups is 1. The van der Waals surface area contributed by atoms with Gasteiger partial charge in [0.1, 0.15) is 0 Å². The van der Waals surface area contributed by atoms with E-state index in [0.717, 1.165) is 19.4 Å². The number of ether oxygens (including phenoxy) is 1. The Bertz CT molecular complexity index is 319. The van der Waals surface area contributed by atoms with Crippen molar-refractivity contribution in [2.24, 2.45) is 0 Å². The number of amides is 2. The van der Waals surface area contributed by atoms with Gasteiger partial charge in [0, 0.05) is 25.7 Å². The first-order valence-electron chi connectivity index (χ1n) is 6.99. The summed E-state index contributed by atoms with van der Waals surface area (Å²) in [5.74, 6) is -0.879. The molecule has 0 atom stereocenters. The molecular weight excluding hydrogens is 262 g/mol. The lowest BCUT2D eigenvalue weighted by atomic mass is 10.4. The third-order valence-electron chi connectivity index (χ3n) is 3.02. The molecule has 0 saturated heterocycles. The van der Waals surface area contributed by atoms with Crippen molar-refractivity contribution in [1.29, 1.82) is 0 Å². The molecule has 0 bridgehead atoms. The Labute approximate surface area is 119 Å². The topological polar surface area (TPSA) is 82.1 Å². The highest BCUT2D eigenvalue weighted by Crippen LogP contribution is 2.26. The molecule has 1 saturated carbocycles. The molecule has 0 heterocycles. The van der Waals surface area contributed by atoms with E-state index < -0.39 is 5.97 Å². The molecule has 2 N–H and O–H groups in total. The number of carbonyl (C=O) groups excluding carboxylic acids is 1. The number of hydrogen-bond acceptors (Lipinski definition) is 4. The lowest BCUT2D eigenvalue weighted by molar-refractivity contribution is -0.137. The van der Waals surface area contributed by atoms with E-state index in [1.165, 1.54) is 0 Å². The average molecular weight is 287 g/mol. The van der Waals surface area contributed by atoms with Crippen LogP contribution in [0.4, 0.5) is 4.79 Å². The van der Waals surface area contributed by atoms with Gasteiger partial charge in [-0.05, 0) is 26.9 Å². The first-order valence-corrected chi connectivity index (χ1v) is 6.99. The highest BCUT2D eigenvalue weighted by molar-refractivity contribution is 5.76. The fourth-order valence-electron chi connectivity index (χ4n) is 1.73. The lowest BCUT2D eigenvalue weighted by Crippen LogP contribution is -2.43. The van der Waals surface area contributed by atoms with Crippen LogP contribution in [-0.2, 0) is 9.53 Å². The van der Waals surface area contributed by atoms with Crippen molar-refractivity contribution < 1.29 is 19.4 Å². The Kier molecular flexibility index (Phi) is 7.32. The van der Waals surface area contributed by atoms with Gasteiger partial charge in [0.25, 0.3) is 0 Å².